The normalized spacial score (nSPS) is 19.3. The standard InChI is InChI=1S/C32H38BFN4O6/c1-21-20-25-11-15-28(24-9-12-26(43-4)13-10-24)37(25)33(34)36-23(3)27(22(21)2)14-16-29(39)35-19-7-5-6-8-32(42)44-38-30(40)17-18-31(38)41/h9-13,15,20H,5-8,14,16-19H2,1-4H3,(H,35,39)/b21-20+,27-22-,36-23+. The lowest BCUT2D eigenvalue weighted by Gasteiger charge is -2.14. The summed E-state index contributed by atoms with van der Waals surface area (Å²) < 4.78 is 22.6. The molecule has 0 unspecified atom stereocenters. The lowest BCUT2D eigenvalue weighted by atomic mass is 9.94. The van der Waals surface area contributed by atoms with Crippen LogP contribution in [0.5, 0.6) is 5.75 Å². The number of hydroxylamine groups is 2. The molecule has 0 bridgehead atoms. The number of nitrogens with zero attached hydrogens (tertiary/aromatic N) is 3. The summed E-state index contributed by atoms with van der Waals surface area (Å²) in [6, 6.07) is 11.2. The molecule has 2 aliphatic rings. The fourth-order valence-corrected chi connectivity index (χ4v) is 5.25. The lowest BCUT2D eigenvalue weighted by molar-refractivity contribution is -0.197. The predicted molar refractivity (Wildman–Crippen MR) is 166 cm³/mol. The Balaban J connectivity index is 1.29. The fourth-order valence-electron chi connectivity index (χ4n) is 5.25. The molecule has 1 aromatic carbocycles. The van der Waals surface area contributed by atoms with Gasteiger partial charge in [-0.05, 0) is 105 Å². The summed E-state index contributed by atoms with van der Waals surface area (Å²) in [5.41, 5.74) is 5.53. The monoisotopic (exact) mass is 604 g/mol. The Morgan fingerprint density at radius 3 is 2.36 bits per heavy atom. The van der Waals surface area contributed by atoms with E-state index in [2.05, 4.69) is 10.2 Å². The predicted octanol–water partition coefficient (Wildman–Crippen LogP) is 5.22. The van der Waals surface area contributed by atoms with Crippen LogP contribution in [-0.2, 0) is 24.0 Å². The topological polar surface area (TPSA) is 119 Å². The first-order valence-corrected chi connectivity index (χ1v) is 14.8. The highest BCUT2D eigenvalue weighted by Gasteiger charge is 2.32. The second-order valence-electron chi connectivity index (χ2n) is 10.9. The van der Waals surface area contributed by atoms with Crippen LogP contribution in [0.3, 0.4) is 0 Å². The molecule has 0 spiro atoms. The maximum Gasteiger partial charge on any atom is 0.611 e. The molecule has 4 rings (SSSR count). The van der Waals surface area contributed by atoms with Gasteiger partial charge in [0.05, 0.1) is 7.11 Å². The number of ether oxygens (including phenoxy) is 1. The Hall–Kier alpha value is -4.48. The molecule has 1 aromatic heterocycles. The Labute approximate surface area is 257 Å². The highest BCUT2D eigenvalue weighted by atomic mass is 19.1. The number of fused-ring (bicyclic) bond motifs is 1. The average Bonchev–Trinajstić information content (AvgIpc) is 3.57. The molecule has 44 heavy (non-hydrogen) atoms. The first-order chi connectivity index (χ1) is 21.1. The van der Waals surface area contributed by atoms with Gasteiger partial charge in [-0.25, -0.2) is 4.79 Å². The van der Waals surface area contributed by atoms with Crippen molar-refractivity contribution in [2.45, 2.75) is 72.1 Å². The zero-order valence-corrected chi connectivity index (χ0v) is 25.7. The van der Waals surface area contributed by atoms with Crippen LogP contribution in [0.1, 0.15) is 77.8 Å². The number of hydrogen-bond acceptors (Lipinski definition) is 7. The van der Waals surface area contributed by atoms with Crippen LogP contribution in [-0.4, -0.2) is 59.9 Å². The minimum absolute atomic E-state index is 0.0579. The Kier molecular flexibility index (Phi) is 10.9. The molecule has 0 atom stereocenters. The minimum atomic E-state index is -1.65. The van der Waals surface area contributed by atoms with E-state index in [1.807, 2.05) is 56.3 Å². The largest absolute Gasteiger partial charge is 0.611 e. The van der Waals surface area contributed by atoms with Crippen molar-refractivity contribution >= 4 is 42.7 Å². The van der Waals surface area contributed by atoms with Crippen LogP contribution in [0, 0.1) is 0 Å². The van der Waals surface area contributed by atoms with E-state index in [-0.39, 0.29) is 31.6 Å². The molecule has 3 amide bonds. The molecule has 1 saturated heterocycles. The van der Waals surface area contributed by atoms with Crippen molar-refractivity contribution in [3.8, 4) is 17.0 Å². The van der Waals surface area contributed by atoms with Crippen molar-refractivity contribution in [1.29, 1.82) is 0 Å². The van der Waals surface area contributed by atoms with E-state index in [4.69, 9.17) is 9.57 Å². The van der Waals surface area contributed by atoms with E-state index in [9.17, 15) is 19.2 Å². The third-order valence-corrected chi connectivity index (χ3v) is 7.87. The zero-order valence-electron chi connectivity index (χ0n) is 25.7. The Bertz CT molecular complexity index is 1490. The Morgan fingerprint density at radius 1 is 0.977 bits per heavy atom. The van der Waals surface area contributed by atoms with Crippen molar-refractivity contribution in [1.82, 2.24) is 14.9 Å². The number of aromatic nitrogens is 1. The summed E-state index contributed by atoms with van der Waals surface area (Å²) in [4.78, 5) is 56.9. The van der Waals surface area contributed by atoms with Gasteiger partial charge < -0.3 is 19.4 Å². The van der Waals surface area contributed by atoms with Crippen molar-refractivity contribution in [2.24, 2.45) is 4.90 Å². The van der Waals surface area contributed by atoms with Crippen LogP contribution in [0.25, 0.3) is 17.3 Å². The third-order valence-electron chi connectivity index (χ3n) is 7.87. The van der Waals surface area contributed by atoms with Gasteiger partial charge in [-0.2, -0.15) is 0 Å². The smallest absolute Gasteiger partial charge is 0.497 e. The molecule has 1 fully saturated rings. The second-order valence-corrected chi connectivity index (χ2v) is 10.9. The van der Waals surface area contributed by atoms with E-state index >= 15 is 4.32 Å². The quantitative estimate of drug-likeness (QED) is 0.202. The number of unbranched alkanes of at least 4 members (excludes halogenated alkanes) is 2. The molecule has 12 heteroatoms. The Morgan fingerprint density at radius 2 is 1.68 bits per heavy atom. The molecule has 2 aliphatic heterocycles. The zero-order chi connectivity index (χ0) is 31.8. The molecule has 232 valence electrons. The molecule has 0 aliphatic carbocycles. The average molecular weight is 604 g/mol. The number of rotatable bonds is 12. The van der Waals surface area contributed by atoms with Gasteiger partial charge in [0.1, 0.15) is 5.75 Å². The number of allylic oxidation sites excluding steroid dienone is 3. The van der Waals surface area contributed by atoms with Gasteiger partial charge in [0.15, 0.2) is 0 Å². The number of nitrogens with one attached hydrogen (secondary N) is 1. The fraction of sp³-hybridized carbons (Fsp3) is 0.406. The van der Waals surface area contributed by atoms with Crippen LogP contribution in [0.4, 0.5) is 4.32 Å². The number of carbonyl (C=O) groups excluding carboxylic acids is 4. The number of methoxy groups -OCH3 is 1. The molecule has 2 aromatic rings. The third kappa shape index (κ3) is 7.92. The number of imide groups is 1. The summed E-state index contributed by atoms with van der Waals surface area (Å²) in [5, 5.41) is 3.45. The van der Waals surface area contributed by atoms with Gasteiger partial charge in [-0.3, -0.25) is 23.6 Å². The van der Waals surface area contributed by atoms with Gasteiger partial charge in [-0.1, -0.05) is 6.42 Å². The first kappa shape index (κ1) is 32.4. The van der Waals surface area contributed by atoms with Crippen LogP contribution >= 0.6 is 0 Å². The maximum atomic E-state index is 15.8. The van der Waals surface area contributed by atoms with E-state index in [0.29, 0.717) is 60.1 Å². The van der Waals surface area contributed by atoms with Crippen molar-refractivity contribution in [3.63, 3.8) is 0 Å². The van der Waals surface area contributed by atoms with Gasteiger partial charge in [0.25, 0.3) is 11.8 Å². The molecular formula is C32H38BFN4O6. The lowest BCUT2D eigenvalue weighted by Crippen LogP contribution is -2.31. The van der Waals surface area contributed by atoms with Crippen LogP contribution in [0.2, 0.25) is 0 Å². The number of benzene rings is 1. The second kappa shape index (κ2) is 14.8. The number of halogens is 1. The van der Waals surface area contributed by atoms with E-state index < -0.39 is 25.0 Å². The summed E-state index contributed by atoms with van der Waals surface area (Å²) in [7, 11) is -0.0493. The molecule has 0 saturated carbocycles. The summed E-state index contributed by atoms with van der Waals surface area (Å²) in [6.07, 6.45) is 4.58. The molecule has 1 N–H and O–H groups in total. The van der Waals surface area contributed by atoms with Gasteiger partial charge in [-0.15, -0.1) is 5.06 Å². The summed E-state index contributed by atoms with van der Waals surface area (Å²) in [5.74, 6) is -1.04. The van der Waals surface area contributed by atoms with Crippen molar-refractivity contribution in [2.75, 3.05) is 13.7 Å². The number of hydrogen-bond donors (Lipinski definition) is 1. The highest BCUT2D eigenvalue weighted by Crippen LogP contribution is 2.30. The van der Waals surface area contributed by atoms with Gasteiger partial charge >= 0.3 is 13.2 Å². The van der Waals surface area contributed by atoms with Crippen LogP contribution in [0.15, 0.2) is 58.0 Å². The highest BCUT2D eigenvalue weighted by molar-refractivity contribution is 6.51. The molecule has 3 heterocycles. The van der Waals surface area contributed by atoms with Gasteiger partial charge in [0, 0.05) is 49.3 Å². The minimum Gasteiger partial charge on any atom is -0.497 e. The summed E-state index contributed by atoms with van der Waals surface area (Å²) in [6.45, 7) is 6.16. The molecule has 10 nitrogen and oxygen atoms in total. The van der Waals surface area contributed by atoms with Crippen molar-refractivity contribution in [3.05, 3.63) is 58.8 Å². The summed E-state index contributed by atoms with van der Waals surface area (Å²) >= 11 is 0. The van der Waals surface area contributed by atoms with E-state index in [1.54, 1.807) is 18.5 Å². The number of carbonyl (C=O) groups is 4. The first-order valence-electron chi connectivity index (χ1n) is 14.8. The van der Waals surface area contributed by atoms with Gasteiger partial charge in [0.2, 0.25) is 5.91 Å². The molecular weight excluding hydrogens is 566 g/mol. The SMILES string of the molecule is COc1ccc(-c2ccc3n2B(F)/N=C(C)/C(CCC(=O)NCCCCCC(=O)ON2C(=O)CCC2=O)=C(C)\C(C)=C\3)cc1. The van der Waals surface area contributed by atoms with E-state index in [0.717, 1.165) is 22.3 Å². The molecule has 0 radical (unpaired) electrons. The van der Waals surface area contributed by atoms with Crippen LogP contribution < -0.4 is 10.1 Å². The number of amides is 3. The maximum absolute atomic E-state index is 15.8. The van der Waals surface area contributed by atoms with E-state index in [1.165, 1.54) is 0 Å². The van der Waals surface area contributed by atoms with Crippen molar-refractivity contribution < 1.29 is 33.1 Å².